The van der Waals surface area contributed by atoms with Crippen molar-refractivity contribution in [3.05, 3.63) is 53.6 Å². The summed E-state index contributed by atoms with van der Waals surface area (Å²) in [7, 11) is 1.31. The van der Waals surface area contributed by atoms with Crippen LogP contribution in [-0.4, -0.2) is 17.6 Å². The van der Waals surface area contributed by atoms with E-state index in [2.05, 4.69) is 16.8 Å². The molecule has 0 aliphatic heterocycles. The molecule has 1 aromatic carbocycles. The van der Waals surface area contributed by atoms with Gasteiger partial charge in [0.1, 0.15) is 5.82 Å². The van der Waals surface area contributed by atoms with Crippen LogP contribution < -0.4 is 5.32 Å². The smallest absolute Gasteiger partial charge is 0.339 e. The number of aryl methyl sites for hydroxylation is 1. The Labute approximate surface area is 123 Å². The first-order valence-corrected chi connectivity index (χ1v) is 6.90. The third-order valence-electron chi connectivity index (χ3n) is 3.16. The lowest BCUT2D eigenvalue weighted by Crippen LogP contribution is -2.08. The van der Waals surface area contributed by atoms with Gasteiger partial charge in [0.25, 0.3) is 0 Å². The number of rotatable bonds is 6. The molecule has 5 heteroatoms. The van der Waals surface area contributed by atoms with E-state index in [9.17, 15) is 9.18 Å². The van der Waals surface area contributed by atoms with Crippen molar-refractivity contribution in [3.8, 4) is 0 Å². The van der Waals surface area contributed by atoms with Crippen molar-refractivity contribution in [2.45, 2.75) is 26.4 Å². The minimum absolute atomic E-state index is 0.326. The quantitative estimate of drug-likeness (QED) is 0.829. The fourth-order valence-electron chi connectivity index (χ4n) is 2.14. The summed E-state index contributed by atoms with van der Waals surface area (Å²) in [5, 5.41) is 3.09. The summed E-state index contributed by atoms with van der Waals surface area (Å²) >= 11 is 0. The van der Waals surface area contributed by atoms with E-state index in [4.69, 9.17) is 4.74 Å². The number of esters is 1. The van der Waals surface area contributed by atoms with Crippen LogP contribution in [0.15, 0.2) is 36.7 Å². The lowest BCUT2D eigenvalue weighted by atomic mass is 10.1. The summed E-state index contributed by atoms with van der Waals surface area (Å²) in [6.45, 7) is 3.60. The van der Waals surface area contributed by atoms with Gasteiger partial charge < -0.3 is 14.6 Å². The van der Waals surface area contributed by atoms with Gasteiger partial charge in [0.15, 0.2) is 0 Å². The summed E-state index contributed by atoms with van der Waals surface area (Å²) in [5.74, 6) is -0.880. The molecule has 0 radical (unpaired) electrons. The van der Waals surface area contributed by atoms with Crippen LogP contribution in [0.4, 0.5) is 10.1 Å². The molecule has 0 saturated heterocycles. The Morgan fingerprint density at radius 1 is 1.38 bits per heavy atom. The molecule has 0 amide bonds. The Morgan fingerprint density at radius 3 is 2.90 bits per heavy atom. The maximum absolute atomic E-state index is 13.3. The fraction of sp³-hybridized carbons (Fsp3) is 0.312. The maximum Gasteiger partial charge on any atom is 0.339 e. The molecule has 112 valence electrons. The zero-order valence-corrected chi connectivity index (χ0v) is 12.2. The van der Waals surface area contributed by atoms with Gasteiger partial charge in [-0.1, -0.05) is 6.92 Å². The molecule has 0 aliphatic rings. The zero-order valence-electron chi connectivity index (χ0n) is 12.2. The predicted octanol–water partition coefficient (Wildman–Crippen LogP) is 3.44. The van der Waals surface area contributed by atoms with Crippen LogP contribution >= 0.6 is 0 Å². The van der Waals surface area contributed by atoms with E-state index in [1.807, 2.05) is 18.5 Å². The first kappa shape index (κ1) is 15.1. The Balaban J connectivity index is 2.11. The lowest BCUT2D eigenvalue weighted by Gasteiger charge is -2.10. The van der Waals surface area contributed by atoms with Crippen molar-refractivity contribution >= 4 is 11.7 Å². The molecule has 21 heavy (non-hydrogen) atoms. The number of carbonyl (C=O) groups is 1. The number of anilines is 1. The van der Waals surface area contributed by atoms with Crippen LogP contribution in [-0.2, 0) is 17.8 Å². The SMILES string of the molecule is CCCn1ccc(CNc2cc(F)ccc2C(=O)OC)c1. The average molecular weight is 290 g/mol. The van der Waals surface area contributed by atoms with Gasteiger partial charge in [-0.3, -0.25) is 0 Å². The Morgan fingerprint density at radius 2 is 2.19 bits per heavy atom. The van der Waals surface area contributed by atoms with Crippen molar-refractivity contribution in [2.24, 2.45) is 0 Å². The van der Waals surface area contributed by atoms with E-state index in [-0.39, 0.29) is 0 Å². The minimum Gasteiger partial charge on any atom is -0.465 e. The molecule has 1 aromatic heterocycles. The molecule has 0 aliphatic carbocycles. The molecule has 0 spiro atoms. The van der Waals surface area contributed by atoms with Crippen LogP contribution in [0.3, 0.4) is 0 Å². The number of nitrogens with one attached hydrogen (secondary N) is 1. The summed E-state index contributed by atoms with van der Waals surface area (Å²) < 4.78 is 20.1. The number of methoxy groups -OCH3 is 1. The predicted molar refractivity (Wildman–Crippen MR) is 79.8 cm³/mol. The highest BCUT2D eigenvalue weighted by Crippen LogP contribution is 2.19. The molecule has 1 N–H and O–H groups in total. The highest BCUT2D eigenvalue weighted by Gasteiger charge is 2.12. The van der Waals surface area contributed by atoms with E-state index in [1.165, 1.54) is 25.3 Å². The second-order valence-corrected chi connectivity index (χ2v) is 4.79. The van der Waals surface area contributed by atoms with Crippen LogP contribution in [0.2, 0.25) is 0 Å². The number of hydrogen-bond acceptors (Lipinski definition) is 3. The second kappa shape index (κ2) is 6.92. The number of hydrogen-bond donors (Lipinski definition) is 1. The monoisotopic (exact) mass is 290 g/mol. The van der Waals surface area contributed by atoms with Crippen molar-refractivity contribution in [2.75, 3.05) is 12.4 Å². The van der Waals surface area contributed by atoms with E-state index in [1.54, 1.807) is 0 Å². The number of halogens is 1. The van der Waals surface area contributed by atoms with Gasteiger partial charge in [0.05, 0.1) is 18.4 Å². The van der Waals surface area contributed by atoms with Crippen LogP contribution in [0, 0.1) is 5.82 Å². The number of benzene rings is 1. The number of nitrogens with zero attached hydrogens (tertiary/aromatic N) is 1. The molecule has 0 bridgehead atoms. The number of aromatic nitrogens is 1. The normalized spacial score (nSPS) is 10.4. The molecule has 0 atom stereocenters. The van der Waals surface area contributed by atoms with Gasteiger partial charge in [-0.25, -0.2) is 9.18 Å². The lowest BCUT2D eigenvalue weighted by molar-refractivity contribution is 0.0602. The average Bonchev–Trinajstić information content (AvgIpc) is 2.92. The fourth-order valence-corrected chi connectivity index (χ4v) is 2.14. The van der Waals surface area contributed by atoms with E-state index >= 15 is 0 Å². The van der Waals surface area contributed by atoms with Crippen LogP contribution in [0.1, 0.15) is 29.3 Å². The summed E-state index contributed by atoms with van der Waals surface area (Å²) in [6.07, 6.45) is 5.11. The summed E-state index contributed by atoms with van der Waals surface area (Å²) in [4.78, 5) is 11.7. The van der Waals surface area contributed by atoms with E-state index in [0.29, 0.717) is 17.8 Å². The van der Waals surface area contributed by atoms with Gasteiger partial charge in [-0.05, 0) is 36.2 Å². The Kier molecular flexibility index (Phi) is 4.98. The molecule has 0 saturated carbocycles. The van der Waals surface area contributed by atoms with Gasteiger partial charge in [0.2, 0.25) is 0 Å². The third-order valence-corrected chi connectivity index (χ3v) is 3.16. The molecule has 0 unspecified atom stereocenters. The van der Waals surface area contributed by atoms with E-state index in [0.717, 1.165) is 18.5 Å². The topological polar surface area (TPSA) is 43.3 Å². The molecule has 0 fully saturated rings. The number of carbonyl (C=O) groups excluding carboxylic acids is 1. The van der Waals surface area contributed by atoms with Crippen molar-refractivity contribution in [3.63, 3.8) is 0 Å². The first-order valence-electron chi connectivity index (χ1n) is 6.90. The standard InChI is InChI=1S/C16H19FN2O2/c1-3-7-19-8-6-12(11-19)10-18-15-9-13(17)4-5-14(15)16(20)21-2/h4-6,8-9,11,18H,3,7,10H2,1-2H3. The first-order chi connectivity index (χ1) is 10.1. The molecular weight excluding hydrogens is 271 g/mol. The molecular formula is C16H19FN2O2. The molecule has 4 nitrogen and oxygen atoms in total. The molecule has 2 rings (SSSR count). The molecule has 2 aromatic rings. The van der Waals surface area contributed by atoms with Gasteiger partial charge in [0, 0.05) is 25.5 Å². The van der Waals surface area contributed by atoms with E-state index < -0.39 is 11.8 Å². The van der Waals surface area contributed by atoms with Gasteiger partial charge >= 0.3 is 5.97 Å². The van der Waals surface area contributed by atoms with Gasteiger partial charge in [-0.2, -0.15) is 0 Å². The van der Waals surface area contributed by atoms with Crippen LogP contribution in [0.25, 0.3) is 0 Å². The highest BCUT2D eigenvalue weighted by molar-refractivity contribution is 5.95. The van der Waals surface area contributed by atoms with Crippen molar-refractivity contribution in [1.82, 2.24) is 4.57 Å². The molecule has 1 heterocycles. The maximum atomic E-state index is 13.3. The van der Waals surface area contributed by atoms with Crippen molar-refractivity contribution in [1.29, 1.82) is 0 Å². The summed E-state index contributed by atoms with van der Waals surface area (Å²) in [5.41, 5.74) is 1.83. The minimum atomic E-state index is -0.485. The van der Waals surface area contributed by atoms with Crippen molar-refractivity contribution < 1.29 is 13.9 Å². The van der Waals surface area contributed by atoms with Gasteiger partial charge in [-0.15, -0.1) is 0 Å². The Bertz CT molecular complexity index is 622. The van der Waals surface area contributed by atoms with Crippen LogP contribution in [0.5, 0.6) is 0 Å². The zero-order chi connectivity index (χ0) is 15.2. The number of ether oxygens (including phenoxy) is 1. The largest absolute Gasteiger partial charge is 0.465 e. The highest BCUT2D eigenvalue weighted by atomic mass is 19.1. The Hall–Kier alpha value is -2.30. The summed E-state index contributed by atoms with van der Waals surface area (Å²) in [6, 6.07) is 5.97. The second-order valence-electron chi connectivity index (χ2n) is 4.79. The third kappa shape index (κ3) is 3.84.